The van der Waals surface area contributed by atoms with Crippen LogP contribution >= 0.6 is 23.5 Å². The highest BCUT2D eigenvalue weighted by Gasteiger charge is 2.43. The van der Waals surface area contributed by atoms with Crippen molar-refractivity contribution in [3.63, 3.8) is 0 Å². The van der Waals surface area contributed by atoms with E-state index in [1.807, 2.05) is 12.5 Å². The first-order valence-electron chi connectivity index (χ1n) is 5.64. The van der Waals surface area contributed by atoms with Gasteiger partial charge in [0.25, 0.3) is 0 Å². The van der Waals surface area contributed by atoms with Crippen LogP contribution in [0.4, 0.5) is 0 Å². The second-order valence-electron chi connectivity index (χ2n) is 4.01. The summed E-state index contributed by atoms with van der Waals surface area (Å²) in [4.78, 5) is 23.9. The first-order valence-corrected chi connectivity index (χ1v) is 8.09. The van der Waals surface area contributed by atoms with Crippen LogP contribution in [0.2, 0.25) is 0 Å². The quantitative estimate of drug-likeness (QED) is 0.584. The molecule has 102 valence electrons. The van der Waals surface area contributed by atoms with E-state index in [1.54, 1.807) is 13.8 Å². The molecule has 0 aromatic carbocycles. The number of ketones is 1. The van der Waals surface area contributed by atoms with Crippen LogP contribution in [-0.2, 0) is 19.1 Å². The third-order valence-corrected chi connectivity index (χ3v) is 4.93. The molecule has 0 aliphatic carbocycles. The fourth-order valence-corrected chi connectivity index (χ4v) is 3.20. The molecule has 0 bridgehead atoms. The smallest absolute Gasteiger partial charge is 0.338 e. The lowest BCUT2D eigenvalue weighted by atomic mass is 9.93. The van der Waals surface area contributed by atoms with Crippen molar-refractivity contribution in [2.24, 2.45) is 0 Å². The molecule has 1 saturated heterocycles. The van der Waals surface area contributed by atoms with E-state index in [0.717, 1.165) is 4.24 Å². The van der Waals surface area contributed by atoms with Crippen molar-refractivity contribution in [2.45, 2.75) is 25.9 Å². The van der Waals surface area contributed by atoms with Crippen molar-refractivity contribution in [2.75, 3.05) is 25.7 Å². The van der Waals surface area contributed by atoms with Gasteiger partial charge in [-0.15, -0.1) is 23.5 Å². The Morgan fingerprint density at radius 2 is 2.06 bits per heavy atom. The second-order valence-corrected chi connectivity index (χ2v) is 5.91. The molecule has 0 N–H and O–H groups in total. The minimum absolute atomic E-state index is 0.0319. The summed E-state index contributed by atoms with van der Waals surface area (Å²) < 4.78 is 11.5. The van der Waals surface area contributed by atoms with E-state index < -0.39 is 11.6 Å². The summed E-state index contributed by atoms with van der Waals surface area (Å²) in [6.07, 6.45) is 3.89. The van der Waals surface area contributed by atoms with Gasteiger partial charge in [-0.1, -0.05) is 0 Å². The Morgan fingerprint density at radius 3 is 2.50 bits per heavy atom. The number of esters is 1. The summed E-state index contributed by atoms with van der Waals surface area (Å²) in [5.41, 5.74) is -0.477. The van der Waals surface area contributed by atoms with Crippen molar-refractivity contribution < 1.29 is 19.1 Å². The summed E-state index contributed by atoms with van der Waals surface area (Å²) >= 11 is 3.05. The van der Waals surface area contributed by atoms with Gasteiger partial charge < -0.3 is 9.47 Å². The molecule has 6 heteroatoms. The van der Waals surface area contributed by atoms with Crippen LogP contribution in [-0.4, -0.2) is 43.1 Å². The van der Waals surface area contributed by atoms with Crippen LogP contribution in [0.5, 0.6) is 0 Å². The number of hydrogen-bond donors (Lipinski definition) is 0. The topological polar surface area (TPSA) is 52.6 Å². The maximum Gasteiger partial charge on any atom is 0.338 e. The van der Waals surface area contributed by atoms with Gasteiger partial charge in [0, 0.05) is 9.81 Å². The Labute approximate surface area is 116 Å². The molecule has 1 heterocycles. The second kappa shape index (κ2) is 6.63. The summed E-state index contributed by atoms with van der Waals surface area (Å²) in [5.74, 6) is -0.497. The molecule has 1 aliphatic heterocycles. The lowest BCUT2D eigenvalue weighted by Crippen LogP contribution is -2.46. The van der Waals surface area contributed by atoms with Gasteiger partial charge in [-0.2, -0.15) is 0 Å². The number of carbonyl (C=O) groups is 2. The Hall–Kier alpha value is -0.460. The standard InChI is InChI=1S/C12H18O4S2/c1-5-15-11(14)12(2)6-9(13)8(7-16-12)10(17-3)18-4/h5-7H2,1-4H3. The molecule has 1 atom stereocenters. The summed E-state index contributed by atoms with van der Waals surface area (Å²) in [5, 5.41) is 0. The molecule has 1 unspecified atom stereocenters. The number of rotatable bonds is 4. The summed E-state index contributed by atoms with van der Waals surface area (Å²) in [7, 11) is 0. The van der Waals surface area contributed by atoms with E-state index in [2.05, 4.69) is 0 Å². The molecule has 0 aromatic heterocycles. The van der Waals surface area contributed by atoms with Gasteiger partial charge in [0.15, 0.2) is 11.4 Å². The summed E-state index contributed by atoms with van der Waals surface area (Å²) in [6.45, 7) is 3.80. The highest BCUT2D eigenvalue weighted by Crippen LogP contribution is 2.34. The van der Waals surface area contributed by atoms with Crippen LogP contribution in [0.25, 0.3) is 0 Å². The van der Waals surface area contributed by atoms with Gasteiger partial charge in [-0.3, -0.25) is 4.79 Å². The van der Waals surface area contributed by atoms with Crippen LogP contribution in [0, 0.1) is 0 Å². The zero-order chi connectivity index (χ0) is 13.8. The Bertz CT molecular complexity index is 372. The zero-order valence-corrected chi connectivity index (χ0v) is 12.7. The molecule has 0 radical (unpaired) electrons. The van der Waals surface area contributed by atoms with Crippen molar-refractivity contribution in [3.8, 4) is 0 Å². The average molecular weight is 290 g/mol. The SMILES string of the molecule is CCOC(=O)C1(C)CC(=O)C(=C(SC)SC)CO1. The van der Waals surface area contributed by atoms with Gasteiger partial charge >= 0.3 is 5.97 Å². The molecule has 0 aromatic rings. The molecule has 0 amide bonds. The lowest BCUT2D eigenvalue weighted by molar-refractivity contribution is -0.174. The highest BCUT2D eigenvalue weighted by molar-refractivity contribution is 8.21. The molecule has 0 spiro atoms. The minimum atomic E-state index is -1.14. The number of Topliss-reactive ketones (excluding diaryl/α,β-unsaturated/α-hetero) is 1. The van der Waals surface area contributed by atoms with Gasteiger partial charge in [0.05, 0.1) is 19.6 Å². The summed E-state index contributed by atoms with van der Waals surface area (Å²) in [6, 6.07) is 0. The molecule has 18 heavy (non-hydrogen) atoms. The predicted octanol–water partition coefficient (Wildman–Crippen LogP) is 2.24. The molecule has 1 rings (SSSR count). The maximum absolute atomic E-state index is 12.1. The van der Waals surface area contributed by atoms with Crippen LogP contribution in [0.15, 0.2) is 9.81 Å². The largest absolute Gasteiger partial charge is 0.464 e. The van der Waals surface area contributed by atoms with Gasteiger partial charge in [0.2, 0.25) is 0 Å². The van der Waals surface area contributed by atoms with Gasteiger partial charge in [-0.05, 0) is 26.4 Å². The molecule has 4 nitrogen and oxygen atoms in total. The van der Waals surface area contributed by atoms with Crippen molar-refractivity contribution in [3.05, 3.63) is 9.81 Å². The first kappa shape index (κ1) is 15.6. The lowest BCUT2D eigenvalue weighted by Gasteiger charge is -2.32. The van der Waals surface area contributed by atoms with E-state index >= 15 is 0 Å². The average Bonchev–Trinajstić information content (AvgIpc) is 2.33. The van der Waals surface area contributed by atoms with Crippen LogP contribution < -0.4 is 0 Å². The Kier molecular flexibility index (Phi) is 5.75. The van der Waals surface area contributed by atoms with Gasteiger partial charge in [0.1, 0.15) is 0 Å². The molecular formula is C12H18O4S2. The number of thioether (sulfide) groups is 2. The molecule has 1 aliphatic rings. The third kappa shape index (κ3) is 3.30. The van der Waals surface area contributed by atoms with Gasteiger partial charge in [-0.25, -0.2) is 4.79 Å². The van der Waals surface area contributed by atoms with E-state index in [4.69, 9.17) is 9.47 Å². The predicted molar refractivity (Wildman–Crippen MR) is 74.7 cm³/mol. The fraction of sp³-hybridized carbons (Fsp3) is 0.667. The maximum atomic E-state index is 12.1. The van der Waals surface area contributed by atoms with Crippen LogP contribution in [0.3, 0.4) is 0 Å². The van der Waals surface area contributed by atoms with E-state index in [1.165, 1.54) is 23.5 Å². The Morgan fingerprint density at radius 1 is 1.44 bits per heavy atom. The van der Waals surface area contributed by atoms with E-state index in [0.29, 0.717) is 5.57 Å². The highest BCUT2D eigenvalue weighted by atomic mass is 32.2. The Balaban J connectivity index is 2.86. The number of ether oxygens (including phenoxy) is 2. The molecule has 1 fully saturated rings. The zero-order valence-electron chi connectivity index (χ0n) is 11.1. The normalized spacial score (nSPS) is 24.0. The van der Waals surface area contributed by atoms with E-state index in [9.17, 15) is 9.59 Å². The monoisotopic (exact) mass is 290 g/mol. The number of hydrogen-bond acceptors (Lipinski definition) is 6. The molecular weight excluding hydrogens is 272 g/mol. The third-order valence-electron chi connectivity index (χ3n) is 2.69. The van der Waals surface area contributed by atoms with Crippen molar-refractivity contribution in [1.82, 2.24) is 0 Å². The fourth-order valence-electron chi connectivity index (χ4n) is 1.69. The van der Waals surface area contributed by atoms with Crippen LogP contribution in [0.1, 0.15) is 20.3 Å². The first-order chi connectivity index (χ1) is 8.48. The van der Waals surface area contributed by atoms with Crippen molar-refractivity contribution in [1.29, 1.82) is 0 Å². The molecule has 0 saturated carbocycles. The van der Waals surface area contributed by atoms with Crippen molar-refractivity contribution >= 4 is 35.3 Å². The van der Waals surface area contributed by atoms with E-state index in [-0.39, 0.29) is 25.4 Å². The minimum Gasteiger partial charge on any atom is -0.464 e. The number of carbonyl (C=O) groups excluding carboxylic acids is 2.